The Morgan fingerprint density at radius 1 is 1.15 bits per heavy atom. The van der Waals surface area contributed by atoms with Crippen LogP contribution in [0.2, 0.25) is 0 Å². The summed E-state index contributed by atoms with van der Waals surface area (Å²) < 4.78 is 32.3. The van der Waals surface area contributed by atoms with E-state index in [1.807, 2.05) is 0 Å². The van der Waals surface area contributed by atoms with Crippen molar-refractivity contribution in [2.75, 3.05) is 11.1 Å². The van der Waals surface area contributed by atoms with Gasteiger partial charge in [0.2, 0.25) is 11.9 Å². The summed E-state index contributed by atoms with van der Waals surface area (Å²) in [6, 6.07) is 3.46. The second-order valence-electron chi connectivity index (χ2n) is 4.19. The molecule has 20 heavy (non-hydrogen) atoms. The lowest BCUT2D eigenvalue weighted by Crippen LogP contribution is -2.12. The monoisotopic (exact) mass is 281 g/mol. The summed E-state index contributed by atoms with van der Waals surface area (Å²) >= 11 is 0. The molecule has 0 unspecified atom stereocenters. The van der Waals surface area contributed by atoms with Crippen LogP contribution in [0.25, 0.3) is 0 Å². The molecule has 1 aromatic carbocycles. The zero-order valence-electron chi connectivity index (χ0n) is 10.9. The highest BCUT2D eigenvalue weighted by atomic mass is 19.1. The van der Waals surface area contributed by atoms with Crippen LogP contribution in [-0.2, 0) is 0 Å². The van der Waals surface area contributed by atoms with Gasteiger partial charge >= 0.3 is 6.01 Å². The van der Waals surface area contributed by atoms with Gasteiger partial charge in [-0.15, -0.1) is 0 Å². The van der Waals surface area contributed by atoms with E-state index in [2.05, 4.69) is 20.3 Å². The Bertz CT molecular complexity index is 601. The molecule has 0 spiro atoms. The van der Waals surface area contributed by atoms with Crippen molar-refractivity contribution >= 4 is 17.6 Å². The standard InChI is InChI=1S/C12H13F2N5O/c1-6(2)20-12-18-10(15)17-11(19-12)16-9-7(13)4-3-5-8(9)14/h3-6H,1-2H3,(H3,15,16,17,18,19). The minimum Gasteiger partial charge on any atom is -0.461 e. The number of nitrogens with two attached hydrogens (primary N) is 1. The quantitative estimate of drug-likeness (QED) is 0.894. The van der Waals surface area contributed by atoms with Gasteiger partial charge in [-0.1, -0.05) is 6.07 Å². The number of nitrogen functional groups attached to an aromatic ring is 1. The largest absolute Gasteiger partial charge is 0.461 e. The first kappa shape index (κ1) is 13.9. The molecule has 0 saturated heterocycles. The predicted molar refractivity (Wildman–Crippen MR) is 69.6 cm³/mol. The molecule has 0 aliphatic carbocycles. The van der Waals surface area contributed by atoms with Gasteiger partial charge in [0.05, 0.1) is 6.10 Å². The molecule has 2 aromatic rings. The van der Waals surface area contributed by atoms with Gasteiger partial charge in [-0.3, -0.25) is 0 Å². The third kappa shape index (κ3) is 3.28. The van der Waals surface area contributed by atoms with Crippen LogP contribution in [0, 0.1) is 11.6 Å². The number of benzene rings is 1. The van der Waals surface area contributed by atoms with Crippen LogP contribution in [0.3, 0.4) is 0 Å². The van der Waals surface area contributed by atoms with Crippen LogP contribution in [0.15, 0.2) is 18.2 Å². The molecule has 106 valence electrons. The van der Waals surface area contributed by atoms with Gasteiger partial charge in [0.25, 0.3) is 0 Å². The van der Waals surface area contributed by atoms with Gasteiger partial charge in [-0.05, 0) is 26.0 Å². The second-order valence-corrected chi connectivity index (χ2v) is 4.19. The summed E-state index contributed by atoms with van der Waals surface area (Å²) in [7, 11) is 0. The van der Waals surface area contributed by atoms with Gasteiger partial charge < -0.3 is 15.8 Å². The summed E-state index contributed by atoms with van der Waals surface area (Å²) in [6.07, 6.45) is -0.171. The first-order chi connectivity index (χ1) is 9.45. The first-order valence-corrected chi connectivity index (χ1v) is 5.85. The molecule has 0 atom stereocenters. The Labute approximate surface area is 114 Å². The average Bonchev–Trinajstić information content (AvgIpc) is 2.32. The fourth-order valence-corrected chi connectivity index (χ4v) is 1.42. The molecule has 0 aliphatic heterocycles. The van der Waals surface area contributed by atoms with E-state index in [0.717, 1.165) is 12.1 Å². The zero-order valence-corrected chi connectivity index (χ0v) is 10.9. The Kier molecular flexibility index (Phi) is 3.92. The summed E-state index contributed by atoms with van der Waals surface area (Å²) in [4.78, 5) is 11.4. The fraction of sp³-hybridized carbons (Fsp3) is 0.250. The van der Waals surface area contributed by atoms with Crippen molar-refractivity contribution in [2.24, 2.45) is 0 Å². The third-order valence-corrected chi connectivity index (χ3v) is 2.17. The lowest BCUT2D eigenvalue weighted by molar-refractivity contribution is 0.222. The molecule has 6 nitrogen and oxygen atoms in total. The molecule has 1 aromatic heterocycles. The number of ether oxygens (including phenoxy) is 1. The van der Waals surface area contributed by atoms with E-state index >= 15 is 0 Å². The van der Waals surface area contributed by atoms with Gasteiger partial charge in [0, 0.05) is 0 Å². The van der Waals surface area contributed by atoms with Crippen molar-refractivity contribution in [3.05, 3.63) is 29.8 Å². The van der Waals surface area contributed by atoms with E-state index in [-0.39, 0.29) is 29.7 Å². The molecule has 0 saturated carbocycles. The fourth-order valence-electron chi connectivity index (χ4n) is 1.42. The van der Waals surface area contributed by atoms with Crippen molar-refractivity contribution in [2.45, 2.75) is 20.0 Å². The van der Waals surface area contributed by atoms with E-state index in [1.165, 1.54) is 6.07 Å². The Morgan fingerprint density at radius 2 is 1.80 bits per heavy atom. The Hall–Kier alpha value is -2.51. The maximum atomic E-state index is 13.5. The first-order valence-electron chi connectivity index (χ1n) is 5.85. The summed E-state index contributed by atoms with van der Waals surface area (Å²) in [5.41, 5.74) is 5.13. The second kappa shape index (κ2) is 5.64. The number of para-hydroxylation sites is 1. The topological polar surface area (TPSA) is 86.0 Å². The van der Waals surface area contributed by atoms with Crippen molar-refractivity contribution < 1.29 is 13.5 Å². The molecule has 0 bridgehead atoms. The maximum absolute atomic E-state index is 13.5. The maximum Gasteiger partial charge on any atom is 0.323 e. The molecule has 0 amide bonds. The SMILES string of the molecule is CC(C)Oc1nc(N)nc(Nc2c(F)cccc2F)n1. The summed E-state index contributed by atoms with van der Waals surface area (Å²) in [6.45, 7) is 3.56. The number of nitrogens with one attached hydrogen (secondary N) is 1. The molecular weight excluding hydrogens is 268 g/mol. The minimum atomic E-state index is -0.768. The number of nitrogens with zero attached hydrogens (tertiary/aromatic N) is 3. The lowest BCUT2D eigenvalue weighted by Gasteiger charge is -2.10. The van der Waals surface area contributed by atoms with Crippen molar-refractivity contribution in [1.29, 1.82) is 0 Å². The average molecular weight is 281 g/mol. The van der Waals surface area contributed by atoms with Crippen LogP contribution in [0.5, 0.6) is 6.01 Å². The van der Waals surface area contributed by atoms with Gasteiger partial charge in [0.15, 0.2) is 0 Å². The van der Waals surface area contributed by atoms with Crippen LogP contribution in [0.1, 0.15) is 13.8 Å². The van der Waals surface area contributed by atoms with Gasteiger partial charge in [-0.25, -0.2) is 8.78 Å². The van der Waals surface area contributed by atoms with Gasteiger partial charge in [-0.2, -0.15) is 15.0 Å². The van der Waals surface area contributed by atoms with Crippen molar-refractivity contribution in [3.63, 3.8) is 0 Å². The molecule has 0 aliphatic rings. The van der Waals surface area contributed by atoms with Crippen LogP contribution in [-0.4, -0.2) is 21.1 Å². The van der Waals surface area contributed by atoms with E-state index in [9.17, 15) is 8.78 Å². The molecule has 0 fully saturated rings. The number of rotatable bonds is 4. The Balaban J connectivity index is 2.31. The molecule has 3 N–H and O–H groups in total. The van der Waals surface area contributed by atoms with Crippen molar-refractivity contribution in [1.82, 2.24) is 15.0 Å². The highest BCUT2D eigenvalue weighted by Gasteiger charge is 2.12. The molecule has 2 rings (SSSR count). The number of hydrogen-bond donors (Lipinski definition) is 2. The molecule has 8 heteroatoms. The molecule has 1 heterocycles. The summed E-state index contributed by atoms with van der Waals surface area (Å²) in [5.74, 6) is -1.75. The highest BCUT2D eigenvalue weighted by molar-refractivity contribution is 5.55. The smallest absolute Gasteiger partial charge is 0.323 e. The van der Waals surface area contributed by atoms with E-state index in [0.29, 0.717) is 0 Å². The number of anilines is 3. The zero-order chi connectivity index (χ0) is 14.7. The van der Waals surface area contributed by atoms with Crippen LogP contribution < -0.4 is 15.8 Å². The highest BCUT2D eigenvalue weighted by Crippen LogP contribution is 2.22. The Morgan fingerprint density at radius 3 is 2.40 bits per heavy atom. The normalized spacial score (nSPS) is 10.7. The molecular formula is C12H13F2N5O. The molecule has 0 radical (unpaired) electrons. The lowest BCUT2D eigenvalue weighted by atomic mass is 10.3. The number of hydrogen-bond acceptors (Lipinski definition) is 6. The van der Waals surface area contributed by atoms with Gasteiger partial charge in [0.1, 0.15) is 17.3 Å². The number of aromatic nitrogens is 3. The predicted octanol–water partition coefficient (Wildman–Crippen LogP) is 2.26. The minimum absolute atomic E-state index is 0.0215. The van der Waals surface area contributed by atoms with E-state index in [1.54, 1.807) is 13.8 Å². The third-order valence-electron chi connectivity index (χ3n) is 2.17. The summed E-state index contributed by atoms with van der Waals surface area (Å²) in [5, 5.41) is 2.42. The number of halogens is 2. The van der Waals surface area contributed by atoms with Crippen LogP contribution in [0.4, 0.5) is 26.4 Å². The van der Waals surface area contributed by atoms with E-state index in [4.69, 9.17) is 10.5 Å². The van der Waals surface area contributed by atoms with E-state index < -0.39 is 11.6 Å². The van der Waals surface area contributed by atoms with Crippen LogP contribution >= 0.6 is 0 Å². The van der Waals surface area contributed by atoms with Crippen molar-refractivity contribution in [3.8, 4) is 6.01 Å².